The van der Waals surface area contributed by atoms with Gasteiger partial charge in [0, 0.05) is 25.4 Å². The summed E-state index contributed by atoms with van der Waals surface area (Å²) >= 11 is 0. The molecule has 3 saturated heterocycles. The number of carbonyl (C=O) groups is 3. The van der Waals surface area contributed by atoms with Gasteiger partial charge in [0.05, 0.1) is 17.9 Å². The summed E-state index contributed by atoms with van der Waals surface area (Å²) in [6.07, 6.45) is 2.86. The van der Waals surface area contributed by atoms with Gasteiger partial charge in [0.25, 0.3) is 0 Å². The average Bonchev–Trinajstić information content (AvgIpc) is 3.55. The summed E-state index contributed by atoms with van der Waals surface area (Å²) in [5.74, 6) is -1.97. The Balaban J connectivity index is 1.42. The van der Waals surface area contributed by atoms with Crippen LogP contribution in [0, 0.1) is 25.7 Å². The van der Waals surface area contributed by atoms with Crippen LogP contribution in [0.3, 0.4) is 0 Å². The third kappa shape index (κ3) is 4.60. The van der Waals surface area contributed by atoms with Crippen molar-refractivity contribution >= 4 is 23.4 Å². The van der Waals surface area contributed by atoms with Gasteiger partial charge in [0.1, 0.15) is 11.6 Å². The number of carbonyl (C=O) groups excluding carboxylic acids is 3. The Labute approximate surface area is 223 Å². The SMILES string of the molecule is Cc1cccc(C)c1NC(=O)C1N(CCCCCO)C(=O)[C@@H]2[C@@H](C(=O)NCc3ccccc3)[C@H]3CCC12O3. The van der Waals surface area contributed by atoms with Gasteiger partial charge in [0.15, 0.2) is 0 Å². The number of hydrogen-bond acceptors (Lipinski definition) is 5. The Morgan fingerprint density at radius 1 is 1.03 bits per heavy atom. The van der Waals surface area contributed by atoms with Crippen molar-refractivity contribution < 1.29 is 24.2 Å². The Kier molecular flexibility index (Phi) is 7.54. The smallest absolute Gasteiger partial charge is 0.250 e. The fraction of sp³-hybridized carbons (Fsp3) is 0.500. The highest BCUT2D eigenvalue weighted by atomic mass is 16.5. The summed E-state index contributed by atoms with van der Waals surface area (Å²) in [6.45, 7) is 4.74. The van der Waals surface area contributed by atoms with E-state index in [4.69, 9.17) is 4.74 Å². The minimum Gasteiger partial charge on any atom is -0.396 e. The number of para-hydroxylation sites is 1. The first-order valence-electron chi connectivity index (χ1n) is 13.7. The molecule has 3 fully saturated rings. The maximum absolute atomic E-state index is 14.0. The molecule has 3 aliphatic heterocycles. The molecule has 8 nitrogen and oxygen atoms in total. The number of nitrogens with zero attached hydrogens (tertiary/aromatic N) is 1. The van der Waals surface area contributed by atoms with E-state index in [9.17, 15) is 19.5 Å². The number of unbranched alkanes of at least 4 members (excludes halogenated alkanes) is 2. The molecule has 3 N–H and O–H groups in total. The van der Waals surface area contributed by atoms with Gasteiger partial charge in [-0.05, 0) is 62.6 Å². The van der Waals surface area contributed by atoms with E-state index < -0.39 is 23.5 Å². The van der Waals surface area contributed by atoms with Crippen LogP contribution in [0.1, 0.15) is 48.8 Å². The number of rotatable bonds is 10. The number of aliphatic hydroxyl groups excluding tert-OH is 1. The molecule has 5 atom stereocenters. The number of aryl methyl sites for hydroxylation is 2. The number of likely N-dealkylation sites (tertiary alicyclic amines) is 1. The lowest BCUT2D eigenvalue weighted by Crippen LogP contribution is -2.53. The van der Waals surface area contributed by atoms with Crippen molar-refractivity contribution in [3.05, 3.63) is 65.2 Å². The van der Waals surface area contributed by atoms with E-state index in [0.29, 0.717) is 38.8 Å². The summed E-state index contributed by atoms with van der Waals surface area (Å²) in [7, 11) is 0. The Hall–Kier alpha value is -3.23. The van der Waals surface area contributed by atoms with Crippen molar-refractivity contribution in [1.82, 2.24) is 10.2 Å². The van der Waals surface area contributed by atoms with E-state index in [0.717, 1.165) is 28.8 Å². The lowest BCUT2D eigenvalue weighted by molar-refractivity contribution is -0.141. The fourth-order valence-electron chi connectivity index (χ4n) is 6.67. The number of anilines is 1. The fourth-order valence-corrected chi connectivity index (χ4v) is 6.67. The largest absolute Gasteiger partial charge is 0.396 e. The second-order valence-electron chi connectivity index (χ2n) is 10.8. The number of ether oxygens (including phenoxy) is 1. The number of hydrogen-bond donors (Lipinski definition) is 3. The van der Waals surface area contributed by atoms with Gasteiger partial charge < -0.3 is 25.4 Å². The van der Waals surface area contributed by atoms with E-state index >= 15 is 0 Å². The molecule has 3 heterocycles. The predicted molar refractivity (Wildman–Crippen MR) is 143 cm³/mol. The van der Waals surface area contributed by atoms with E-state index in [-0.39, 0.29) is 30.4 Å². The predicted octanol–water partition coefficient (Wildman–Crippen LogP) is 3.10. The van der Waals surface area contributed by atoms with Crippen molar-refractivity contribution in [2.24, 2.45) is 11.8 Å². The molecule has 3 aliphatic rings. The minimum atomic E-state index is -1.02. The lowest BCUT2D eigenvalue weighted by Gasteiger charge is -2.33. The van der Waals surface area contributed by atoms with Crippen LogP contribution in [-0.2, 0) is 25.7 Å². The second-order valence-corrected chi connectivity index (χ2v) is 10.8. The number of benzene rings is 2. The maximum atomic E-state index is 14.0. The Morgan fingerprint density at radius 3 is 2.47 bits per heavy atom. The summed E-state index contributed by atoms with van der Waals surface area (Å²) in [5, 5.41) is 15.3. The van der Waals surface area contributed by atoms with Crippen LogP contribution in [0.5, 0.6) is 0 Å². The third-order valence-electron chi connectivity index (χ3n) is 8.45. The molecule has 2 aromatic rings. The van der Waals surface area contributed by atoms with Crippen LogP contribution in [0.4, 0.5) is 5.69 Å². The van der Waals surface area contributed by atoms with Crippen LogP contribution in [0.2, 0.25) is 0 Å². The molecule has 2 bridgehead atoms. The van der Waals surface area contributed by atoms with E-state index in [1.807, 2.05) is 62.4 Å². The molecule has 2 unspecified atom stereocenters. The highest BCUT2D eigenvalue weighted by Crippen LogP contribution is 2.58. The highest BCUT2D eigenvalue weighted by molar-refractivity contribution is 6.04. The topological polar surface area (TPSA) is 108 Å². The van der Waals surface area contributed by atoms with Crippen molar-refractivity contribution in [2.45, 2.75) is 70.2 Å². The standard InChI is InChI=1S/C30H37N3O5/c1-19-10-9-11-20(2)25(19)32-28(36)26-30-15-14-22(38-30)23(27(35)31-18-21-12-5-3-6-13-21)24(30)29(37)33(26)16-7-4-8-17-34/h3,5-6,9-13,22-24,26,34H,4,7-8,14-18H2,1-2H3,(H,31,35)(H,32,36)/t22-,23+,24+,26?,30?/m1/s1. The molecule has 0 aliphatic carbocycles. The Bertz CT molecular complexity index is 1180. The van der Waals surface area contributed by atoms with Crippen LogP contribution >= 0.6 is 0 Å². The molecule has 5 rings (SSSR count). The summed E-state index contributed by atoms with van der Waals surface area (Å²) < 4.78 is 6.51. The molecule has 38 heavy (non-hydrogen) atoms. The van der Waals surface area contributed by atoms with Gasteiger partial charge in [-0.2, -0.15) is 0 Å². The van der Waals surface area contributed by atoms with Crippen molar-refractivity contribution in [3.8, 4) is 0 Å². The summed E-state index contributed by atoms with van der Waals surface area (Å²) in [5.41, 5.74) is 2.60. The van der Waals surface area contributed by atoms with E-state index in [1.165, 1.54) is 0 Å². The quantitative estimate of drug-likeness (QED) is 0.418. The molecular formula is C30H37N3O5. The molecule has 202 valence electrons. The van der Waals surface area contributed by atoms with Gasteiger partial charge in [-0.15, -0.1) is 0 Å². The molecule has 8 heteroatoms. The average molecular weight is 520 g/mol. The molecule has 0 saturated carbocycles. The number of aliphatic hydroxyl groups is 1. The zero-order valence-electron chi connectivity index (χ0n) is 22.1. The summed E-state index contributed by atoms with van der Waals surface area (Å²) in [4.78, 5) is 43.0. The van der Waals surface area contributed by atoms with E-state index in [1.54, 1.807) is 4.90 Å². The molecule has 0 radical (unpaired) electrons. The van der Waals surface area contributed by atoms with Crippen LogP contribution in [0.25, 0.3) is 0 Å². The second kappa shape index (κ2) is 10.9. The molecule has 0 aromatic heterocycles. The third-order valence-corrected chi connectivity index (χ3v) is 8.45. The number of amides is 3. The molecular weight excluding hydrogens is 482 g/mol. The van der Waals surface area contributed by atoms with Gasteiger partial charge in [-0.25, -0.2) is 0 Å². The van der Waals surface area contributed by atoms with Gasteiger partial charge in [-0.1, -0.05) is 48.5 Å². The zero-order valence-corrected chi connectivity index (χ0v) is 22.1. The normalized spacial score (nSPS) is 27.4. The van der Waals surface area contributed by atoms with Crippen molar-refractivity contribution in [3.63, 3.8) is 0 Å². The van der Waals surface area contributed by atoms with E-state index in [2.05, 4.69) is 10.6 Å². The van der Waals surface area contributed by atoms with Gasteiger partial charge in [-0.3, -0.25) is 14.4 Å². The van der Waals surface area contributed by atoms with Crippen molar-refractivity contribution in [1.29, 1.82) is 0 Å². The van der Waals surface area contributed by atoms with Crippen LogP contribution in [0.15, 0.2) is 48.5 Å². The molecule has 2 aromatic carbocycles. The van der Waals surface area contributed by atoms with Crippen LogP contribution in [-0.4, -0.2) is 58.6 Å². The molecule has 3 amide bonds. The first kappa shape index (κ1) is 26.4. The minimum absolute atomic E-state index is 0.0887. The van der Waals surface area contributed by atoms with Gasteiger partial charge in [0.2, 0.25) is 17.7 Å². The first-order chi connectivity index (χ1) is 18.4. The first-order valence-corrected chi connectivity index (χ1v) is 13.7. The molecule has 1 spiro atoms. The zero-order chi connectivity index (χ0) is 26.9. The van der Waals surface area contributed by atoms with Crippen molar-refractivity contribution in [2.75, 3.05) is 18.5 Å². The number of fused-ring (bicyclic) bond motifs is 1. The van der Waals surface area contributed by atoms with Crippen LogP contribution < -0.4 is 10.6 Å². The monoisotopic (exact) mass is 519 g/mol. The summed E-state index contributed by atoms with van der Waals surface area (Å²) in [6, 6.07) is 14.7. The van der Waals surface area contributed by atoms with Gasteiger partial charge >= 0.3 is 0 Å². The lowest BCUT2D eigenvalue weighted by atomic mass is 9.70. The highest BCUT2D eigenvalue weighted by Gasteiger charge is 2.74. The number of nitrogens with one attached hydrogen (secondary N) is 2. The maximum Gasteiger partial charge on any atom is 0.250 e. The Morgan fingerprint density at radius 2 is 1.76 bits per heavy atom.